The van der Waals surface area contributed by atoms with Gasteiger partial charge in [0, 0.05) is 6.42 Å². The molecule has 0 aliphatic carbocycles. The van der Waals surface area contributed by atoms with Crippen molar-refractivity contribution in [3.05, 3.63) is 0 Å². The Hall–Kier alpha value is -0.680. The SMILES string of the molecule is CCCCCCCCCCCC(=O)O.O=C(O)CC(C(=O)O)S(=O)(=O)O.[H-].[Na+]. The number of carboxylic acids is 3. The van der Waals surface area contributed by atoms with Crippen molar-refractivity contribution in [3.63, 3.8) is 0 Å². The van der Waals surface area contributed by atoms with E-state index < -0.39 is 39.7 Å². The summed E-state index contributed by atoms with van der Waals surface area (Å²) in [6, 6.07) is 0. The fourth-order valence-electron chi connectivity index (χ4n) is 2.07. The van der Waals surface area contributed by atoms with Gasteiger partial charge in [0.25, 0.3) is 10.1 Å². The largest absolute Gasteiger partial charge is 1.00 e. The maximum atomic E-state index is 10.2. The van der Waals surface area contributed by atoms with Crippen molar-refractivity contribution in [3.8, 4) is 0 Å². The normalized spacial score (nSPS) is 11.5. The predicted octanol–water partition coefficient (Wildman–Crippen LogP) is -0.0895. The molecule has 4 N–H and O–H groups in total. The van der Waals surface area contributed by atoms with Crippen LogP contribution in [0.15, 0.2) is 0 Å². The number of rotatable bonds is 14. The van der Waals surface area contributed by atoms with Crippen LogP contribution >= 0.6 is 0 Å². The van der Waals surface area contributed by atoms with Crippen LogP contribution in [0.2, 0.25) is 0 Å². The zero-order valence-corrected chi connectivity index (χ0v) is 18.9. The van der Waals surface area contributed by atoms with Gasteiger partial charge in [0.1, 0.15) is 0 Å². The van der Waals surface area contributed by atoms with Crippen LogP contribution in [0.5, 0.6) is 0 Å². The fraction of sp³-hybridized carbons (Fsp3) is 0.812. The molecule has 27 heavy (non-hydrogen) atoms. The van der Waals surface area contributed by atoms with Crippen molar-refractivity contribution in [2.75, 3.05) is 0 Å². The molecule has 1 unspecified atom stereocenters. The van der Waals surface area contributed by atoms with Crippen molar-refractivity contribution >= 4 is 28.0 Å². The molecule has 0 saturated carbocycles. The first kappa shape index (κ1) is 31.0. The van der Waals surface area contributed by atoms with Gasteiger partial charge in [-0.3, -0.25) is 18.9 Å². The molecule has 0 aliphatic rings. The number of hydrogen-bond acceptors (Lipinski definition) is 5. The van der Waals surface area contributed by atoms with Gasteiger partial charge in [-0.25, -0.2) is 0 Å². The van der Waals surface area contributed by atoms with Crippen LogP contribution in [-0.4, -0.2) is 51.4 Å². The number of unbranched alkanes of at least 4 members (excludes halogenated alkanes) is 8. The minimum Gasteiger partial charge on any atom is -1.00 e. The first-order valence-electron chi connectivity index (χ1n) is 8.65. The molecule has 1 atom stereocenters. The second-order valence-electron chi connectivity index (χ2n) is 5.91. The van der Waals surface area contributed by atoms with Crippen molar-refractivity contribution in [2.45, 2.75) is 82.8 Å². The third-order valence-corrected chi connectivity index (χ3v) is 4.58. The van der Waals surface area contributed by atoms with Gasteiger partial charge in [-0.2, -0.15) is 8.42 Å². The molecule has 0 aromatic carbocycles. The molecule has 0 saturated heterocycles. The van der Waals surface area contributed by atoms with E-state index in [1.54, 1.807) is 0 Å². The van der Waals surface area contributed by atoms with Crippen LogP contribution in [0.4, 0.5) is 0 Å². The summed E-state index contributed by atoms with van der Waals surface area (Å²) in [7, 11) is -4.84. The van der Waals surface area contributed by atoms with E-state index in [0.717, 1.165) is 12.8 Å². The molecular formula is C16H31NaO9S. The average molecular weight is 422 g/mol. The summed E-state index contributed by atoms with van der Waals surface area (Å²) in [4.78, 5) is 30.2. The standard InChI is InChI=1S/C12H24O2.C4H6O7S.Na.H/c1-2-3-4-5-6-7-8-9-10-11-12(13)14;5-3(6)1-2(4(7)8)12(9,10)11;;/h2-11H2,1H3,(H,13,14);2H,1H2,(H,5,6)(H,7,8)(H,9,10,11);;/q;;+1;-1. The molecule has 0 aliphatic heterocycles. The van der Waals surface area contributed by atoms with Gasteiger partial charge in [0.15, 0.2) is 5.25 Å². The molecule has 11 heteroatoms. The summed E-state index contributed by atoms with van der Waals surface area (Å²) in [6.07, 6.45) is 10.3. The van der Waals surface area contributed by atoms with Crippen molar-refractivity contribution in [1.29, 1.82) is 0 Å². The van der Waals surface area contributed by atoms with Crippen molar-refractivity contribution < 1.29 is 73.7 Å². The van der Waals surface area contributed by atoms with Gasteiger partial charge in [-0.05, 0) is 6.42 Å². The quantitative estimate of drug-likeness (QED) is 0.170. The Kier molecular flexibility index (Phi) is 21.5. The maximum absolute atomic E-state index is 10.2. The first-order chi connectivity index (χ1) is 12.0. The van der Waals surface area contributed by atoms with Gasteiger partial charge < -0.3 is 16.7 Å². The summed E-state index contributed by atoms with van der Waals surface area (Å²) in [5.74, 6) is -4.16. The number of carbonyl (C=O) groups is 3. The first-order valence-corrected chi connectivity index (χ1v) is 10.1. The maximum Gasteiger partial charge on any atom is 1.00 e. The fourth-order valence-corrected chi connectivity index (χ4v) is 2.67. The third kappa shape index (κ3) is 23.3. The molecular weight excluding hydrogens is 391 g/mol. The van der Waals surface area contributed by atoms with Crippen LogP contribution in [0.3, 0.4) is 0 Å². The number of aliphatic carboxylic acids is 3. The molecule has 0 aromatic heterocycles. The van der Waals surface area contributed by atoms with E-state index >= 15 is 0 Å². The monoisotopic (exact) mass is 422 g/mol. The Morgan fingerprint density at radius 1 is 0.815 bits per heavy atom. The molecule has 0 fully saturated rings. The van der Waals surface area contributed by atoms with E-state index in [4.69, 9.17) is 19.9 Å². The molecule has 0 spiro atoms. The van der Waals surface area contributed by atoms with Crippen LogP contribution in [0.25, 0.3) is 0 Å². The molecule has 0 rings (SSSR count). The summed E-state index contributed by atoms with van der Waals surface area (Å²) < 4.78 is 28.7. The summed E-state index contributed by atoms with van der Waals surface area (Å²) in [6.45, 7) is 2.23. The molecule has 156 valence electrons. The Balaban J connectivity index is -0.000000194. The second-order valence-corrected chi connectivity index (χ2v) is 7.51. The molecule has 0 radical (unpaired) electrons. The van der Waals surface area contributed by atoms with Crippen molar-refractivity contribution in [1.82, 2.24) is 0 Å². The zero-order chi connectivity index (χ0) is 20.6. The predicted molar refractivity (Wildman–Crippen MR) is 95.8 cm³/mol. The van der Waals surface area contributed by atoms with Crippen LogP contribution in [0, 0.1) is 0 Å². The van der Waals surface area contributed by atoms with Gasteiger partial charge >= 0.3 is 47.5 Å². The Morgan fingerprint density at radius 2 is 1.22 bits per heavy atom. The van der Waals surface area contributed by atoms with E-state index in [2.05, 4.69) is 6.92 Å². The van der Waals surface area contributed by atoms with Gasteiger partial charge in [-0.15, -0.1) is 0 Å². The Morgan fingerprint density at radius 3 is 1.48 bits per heavy atom. The minimum atomic E-state index is -4.84. The minimum absolute atomic E-state index is 0. The van der Waals surface area contributed by atoms with Crippen LogP contribution in [-0.2, 0) is 24.5 Å². The summed E-state index contributed by atoms with van der Waals surface area (Å²) in [5.41, 5.74) is 0. The third-order valence-electron chi connectivity index (χ3n) is 3.49. The summed E-state index contributed by atoms with van der Waals surface area (Å²) in [5, 5.41) is 22.3. The van der Waals surface area contributed by atoms with Gasteiger partial charge in [-0.1, -0.05) is 58.3 Å². The van der Waals surface area contributed by atoms with Gasteiger partial charge in [0.05, 0.1) is 6.42 Å². The molecule has 0 aromatic rings. The van der Waals surface area contributed by atoms with Gasteiger partial charge in [0.2, 0.25) is 0 Å². The van der Waals surface area contributed by atoms with Crippen LogP contribution in [0.1, 0.15) is 79.0 Å². The topological polar surface area (TPSA) is 166 Å². The number of hydrogen-bond donors (Lipinski definition) is 4. The Labute approximate surface area is 184 Å². The Bertz CT molecular complexity index is 526. The smallest absolute Gasteiger partial charge is 1.00 e. The van der Waals surface area contributed by atoms with E-state index in [0.29, 0.717) is 6.42 Å². The summed E-state index contributed by atoms with van der Waals surface area (Å²) >= 11 is 0. The molecule has 0 heterocycles. The van der Waals surface area contributed by atoms with Crippen LogP contribution < -0.4 is 29.6 Å². The van der Waals surface area contributed by atoms with E-state index in [1.807, 2.05) is 0 Å². The van der Waals surface area contributed by atoms with Crippen molar-refractivity contribution in [2.24, 2.45) is 0 Å². The molecule has 9 nitrogen and oxygen atoms in total. The zero-order valence-electron chi connectivity index (χ0n) is 17.1. The van der Waals surface area contributed by atoms with E-state index in [-0.39, 0.29) is 31.0 Å². The molecule has 0 amide bonds. The molecule has 0 bridgehead atoms. The number of carboxylic acid groups (broad SMARTS) is 3. The van der Waals surface area contributed by atoms with E-state index in [1.165, 1.54) is 44.9 Å². The second kappa shape index (κ2) is 18.7. The average Bonchev–Trinajstić information content (AvgIpc) is 2.50. The van der Waals surface area contributed by atoms with E-state index in [9.17, 15) is 22.8 Å².